The van der Waals surface area contributed by atoms with Crippen LogP contribution in [0.5, 0.6) is 0 Å². The van der Waals surface area contributed by atoms with Gasteiger partial charge in [0.2, 0.25) is 0 Å². The third kappa shape index (κ3) is 2.14. The molecule has 18 heavy (non-hydrogen) atoms. The monoisotopic (exact) mass is 258 g/mol. The highest BCUT2D eigenvalue weighted by atomic mass is 32.2. The average molecular weight is 258 g/mol. The first-order chi connectivity index (χ1) is 8.70. The summed E-state index contributed by atoms with van der Waals surface area (Å²) in [6.45, 7) is 1.96. The van der Waals surface area contributed by atoms with E-state index >= 15 is 0 Å². The van der Waals surface area contributed by atoms with Gasteiger partial charge >= 0.3 is 0 Å². The smallest absolute Gasteiger partial charge is 0.263 e. The fourth-order valence-corrected chi connectivity index (χ4v) is 2.33. The minimum Gasteiger partial charge on any atom is -0.431 e. The van der Waals surface area contributed by atoms with E-state index in [2.05, 4.69) is 15.2 Å². The number of oxazole rings is 1. The van der Waals surface area contributed by atoms with E-state index in [1.807, 2.05) is 19.1 Å². The lowest BCUT2D eigenvalue weighted by atomic mass is 10.3. The van der Waals surface area contributed by atoms with Crippen LogP contribution in [0.25, 0.3) is 11.1 Å². The second kappa shape index (κ2) is 4.30. The molecule has 3 rings (SSSR count). The summed E-state index contributed by atoms with van der Waals surface area (Å²) in [6, 6.07) is 7.31. The van der Waals surface area contributed by atoms with E-state index in [1.54, 1.807) is 18.3 Å². The van der Waals surface area contributed by atoms with E-state index in [1.165, 1.54) is 11.8 Å². The summed E-state index contributed by atoms with van der Waals surface area (Å²) in [5.41, 5.74) is 8.88. The lowest BCUT2D eigenvalue weighted by molar-refractivity contribution is 0.489. The zero-order valence-electron chi connectivity index (χ0n) is 9.62. The van der Waals surface area contributed by atoms with Crippen molar-refractivity contribution in [1.29, 1.82) is 0 Å². The Morgan fingerprint density at radius 2 is 2.17 bits per heavy atom. The molecule has 0 spiro atoms. The van der Waals surface area contributed by atoms with Crippen LogP contribution in [-0.2, 0) is 0 Å². The summed E-state index contributed by atoms with van der Waals surface area (Å²) in [6.07, 6.45) is 1.71. The van der Waals surface area contributed by atoms with Crippen LogP contribution in [0, 0.1) is 6.92 Å². The zero-order valence-corrected chi connectivity index (χ0v) is 10.4. The van der Waals surface area contributed by atoms with Crippen molar-refractivity contribution in [2.24, 2.45) is 0 Å². The standard InChI is InChI=1S/C12H10N4OS/c1-7-4-11(16-14-6-7)18-12-15-9-5-8(13)2-3-10(9)17-12/h2-6H,13H2,1H3. The molecule has 0 fully saturated rings. The van der Waals surface area contributed by atoms with Crippen molar-refractivity contribution in [3.05, 3.63) is 36.0 Å². The van der Waals surface area contributed by atoms with Gasteiger partial charge in [0, 0.05) is 5.69 Å². The van der Waals surface area contributed by atoms with Gasteiger partial charge in [-0.1, -0.05) is 0 Å². The van der Waals surface area contributed by atoms with Crippen molar-refractivity contribution in [1.82, 2.24) is 15.2 Å². The summed E-state index contributed by atoms with van der Waals surface area (Å²) in [5.74, 6) is 0. The number of fused-ring (bicyclic) bond motifs is 1. The van der Waals surface area contributed by atoms with Crippen LogP contribution in [0.3, 0.4) is 0 Å². The second-order valence-electron chi connectivity index (χ2n) is 3.88. The Morgan fingerprint density at radius 1 is 1.28 bits per heavy atom. The predicted octanol–water partition coefficient (Wildman–Crippen LogP) is 2.66. The molecule has 0 amide bonds. The number of nitrogens with two attached hydrogens (primary N) is 1. The number of nitrogens with zero attached hydrogens (tertiary/aromatic N) is 3. The van der Waals surface area contributed by atoms with Crippen LogP contribution in [0.15, 0.2) is 45.1 Å². The van der Waals surface area contributed by atoms with Gasteiger partial charge in [-0.25, -0.2) is 4.98 Å². The van der Waals surface area contributed by atoms with Crippen LogP contribution in [-0.4, -0.2) is 15.2 Å². The number of hydrogen-bond acceptors (Lipinski definition) is 6. The number of aromatic nitrogens is 3. The maximum absolute atomic E-state index is 5.69. The largest absolute Gasteiger partial charge is 0.431 e. The molecule has 90 valence electrons. The number of aryl methyl sites for hydroxylation is 1. The molecule has 0 aliphatic carbocycles. The van der Waals surface area contributed by atoms with Gasteiger partial charge in [-0.3, -0.25) is 0 Å². The molecule has 0 saturated carbocycles. The van der Waals surface area contributed by atoms with E-state index in [4.69, 9.17) is 10.2 Å². The number of hydrogen-bond donors (Lipinski definition) is 1. The van der Waals surface area contributed by atoms with Crippen molar-refractivity contribution >= 4 is 28.5 Å². The minimum atomic E-state index is 0.538. The summed E-state index contributed by atoms with van der Waals surface area (Å²) < 4.78 is 5.60. The Morgan fingerprint density at radius 3 is 3.00 bits per heavy atom. The number of benzene rings is 1. The van der Waals surface area contributed by atoms with Gasteiger partial charge < -0.3 is 10.2 Å². The van der Waals surface area contributed by atoms with Crippen molar-refractivity contribution < 1.29 is 4.42 Å². The number of nitrogen functional groups attached to an aromatic ring is 1. The van der Waals surface area contributed by atoms with Crippen LogP contribution in [0.1, 0.15) is 5.56 Å². The van der Waals surface area contributed by atoms with Crippen molar-refractivity contribution in [2.45, 2.75) is 17.2 Å². The summed E-state index contributed by atoms with van der Waals surface area (Å²) in [7, 11) is 0. The first-order valence-corrected chi connectivity index (χ1v) is 6.15. The van der Waals surface area contributed by atoms with Crippen LogP contribution in [0.2, 0.25) is 0 Å². The SMILES string of the molecule is Cc1cnnc(Sc2nc3cc(N)ccc3o2)c1. The Balaban J connectivity index is 1.95. The van der Waals surface area contributed by atoms with Gasteiger partial charge in [-0.05, 0) is 48.5 Å². The fourth-order valence-electron chi connectivity index (χ4n) is 1.54. The molecule has 0 saturated heterocycles. The molecule has 3 aromatic rings. The zero-order chi connectivity index (χ0) is 12.5. The fraction of sp³-hybridized carbons (Fsp3) is 0.0833. The van der Waals surface area contributed by atoms with E-state index in [9.17, 15) is 0 Å². The lowest BCUT2D eigenvalue weighted by Crippen LogP contribution is -1.85. The van der Waals surface area contributed by atoms with E-state index in [0.29, 0.717) is 16.5 Å². The molecule has 2 N–H and O–H groups in total. The maximum atomic E-state index is 5.69. The summed E-state index contributed by atoms with van der Waals surface area (Å²) in [5, 5.41) is 9.20. The topological polar surface area (TPSA) is 77.8 Å². The molecular weight excluding hydrogens is 248 g/mol. The van der Waals surface area contributed by atoms with Crippen molar-refractivity contribution in [3.8, 4) is 0 Å². The van der Waals surface area contributed by atoms with Crippen LogP contribution >= 0.6 is 11.8 Å². The molecule has 2 heterocycles. The first kappa shape index (κ1) is 11.0. The molecule has 5 nitrogen and oxygen atoms in total. The maximum Gasteiger partial charge on any atom is 0.263 e. The molecule has 0 aliphatic heterocycles. The van der Waals surface area contributed by atoms with Gasteiger partial charge in [0.25, 0.3) is 5.22 Å². The molecule has 1 aromatic carbocycles. The summed E-state index contributed by atoms with van der Waals surface area (Å²) >= 11 is 1.34. The van der Waals surface area contributed by atoms with Crippen molar-refractivity contribution in [2.75, 3.05) is 5.73 Å². The molecule has 0 bridgehead atoms. The van der Waals surface area contributed by atoms with Gasteiger partial charge in [-0.15, -0.1) is 5.10 Å². The van der Waals surface area contributed by atoms with Gasteiger partial charge in [-0.2, -0.15) is 5.10 Å². The molecule has 0 aliphatic rings. The first-order valence-electron chi connectivity index (χ1n) is 5.34. The molecule has 0 atom stereocenters. The highest BCUT2D eigenvalue weighted by Crippen LogP contribution is 2.29. The Labute approximate surface area is 107 Å². The predicted molar refractivity (Wildman–Crippen MR) is 69.3 cm³/mol. The number of anilines is 1. The van der Waals surface area contributed by atoms with E-state index < -0.39 is 0 Å². The van der Waals surface area contributed by atoms with E-state index in [-0.39, 0.29) is 0 Å². The molecule has 0 radical (unpaired) electrons. The average Bonchev–Trinajstić information content (AvgIpc) is 2.70. The Hall–Kier alpha value is -2.08. The van der Waals surface area contributed by atoms with Crippen LogP contribution in [0.4, 0.5) is 5.69 Å². The van der Waals surface area contributed by atoms with Crippen molar-refractivity contribution in [3.63, 3.8) is 0 Å². The summed E-state index contributed by atoms with van der Waals surface area (Å²) in [4.78, 5) is 4.35. The normalized spacial score (nSPS) is 10.9. The Bertz CT molecular complexity index is 710. The van der Waals surface area contributed by atoms with E-state index in [0.717, 1.165) is 16.1 Å². The third-order valence-electron chi connectivity index (χ3n) is 2.35. The van der Waals surface area contributed by atoms with Gasteiger partial charge in [0.1, 0.15) is 10.5 Å². The quantitative estimate of drug-likeness (QED) is 0.712. The molecule has 6 heteroatoms. The second-order valence-corrected chi connectivity index (χ2v) is 4.85. The molecular formula is C12H10N4OS. The Kier molecular flexibility index (Phi) is 2.64. The highest BCUT2D eigenvalue weighted by Gasteiger charge is 2.09. The molecule has 0 unspecified atom stereocenters. The highest BCUT2D eigenvalue weighted by molar-refractivity contribution is 7.99. The third-order valence-corrected chi connectivity index (χ3v) is 3.11. The minimum absolute atomic E-state index is 0.538. The molecule has 2 aromatic heterocycles. The van der Waals surface area contributed by atoms with Crippen LogP contribution < -0.4 is 5.73 Å². The van der Waals surface area contributed by atoms with Gasteiger partial charge in [0.15, 0.2) is 5.58 Å². The van der Waals surface area contributed by atoms with Gasteiger partial charge in [0.05, 0.1) is 6.20 Å². The lowest BCUT2D eigenvalue weighted by Gasteiger charge is -1.95. The number of rotatable bonds is 2.